The highest BCUT2D eigenvalue weighted by molar-refractivity contribution is 7.80. The molecule has 1 aliphatic rings. The van der Waals surface area contributed by atoms with Crippen molar-refractivity contribution in [1.82, 2.24) is 30.2 Å². The van der Waals surface area contributed by atoms with Gasteiger partial charge in [0.15, 0.2) is 17.7 Å². The van der Waals surface area contributed by atoms with Crippen LogP contribution < -0.4 is 16.4 Å². The SMILES string of the molecule is CC(C)(COP(=O)(O)OP(=O)(O)OC[C@H]1O[C@@H](n2cnc3c(N)ncnc32)[C@H](O)[C@@H]1OP(=O)(O)O)[C@@H](O)C(=O)NCCC(=O)NCCS.O=C(O)/C=C/c1ccc(O)cc1. The number of nitrogens with two attached hydrogens (primary N) is 1. The molecule has 2 unspecified atom stereocenters. The number of aromatic hydroxyl groups is 1. The third-order valence-corrected chi connectivity index (χ3v) is 11.1. The maximum atomic E-state index is 12.6. The largest absolute Gasteiger partial charge is 0.508 e. The monoisotopic (exact) mass is 931 g/mol. The fraction of sp³-hybridized carbons (Fsp3) is 0.467. The van der Waals surface area contributed by atoms with Crippen LogP contribution in [-0.2, 0) is 50.7 Å². The molecular formula is C30H44N7O19P3S. The number of amides is 2. The molecule has 1 aliphatic heterocycles. The Hall–Kier alpha value is -3.88. The van der Waals surface area contributed by atoms with Crippen molar-refractivity contribution in [2.45, 2.75) is 50.9 Å². The van der Waals surface area contributed by atoms with Gasteiger partial charge in [0.1, 0.15) is 42.0 Å². The van der Waals surface area contributed by atoms with E-state index in [0.717, 1.165) is 28.9 Å². The lowest BCUT2D eigenvalue weighted by atomic mass is 9.87. The predicted molar refractivity (Wildman–Crippen MR) is 208 cm³/mol. The Bertz CT molecular complexity index is 2120. The number of aliphatic carboxylic acids is 1. The number of phosphoric acid groups is 3. The number of phosphoric ester groups is 3. The molecule has 0 spiro atoms. The number of carbonyl (C=O) groups is 3. The molecule has 334 valence electrons. The number of phenolic OH excluding ortho intramolecular Hbond substituents is 1. The van der Waals surface area contributed by atoms with Crippen LogP contribution in [-0.4, -0.2) is 134 Å². The molecular weight excluding hydrogens is 887 g/mol. The van der Waals surface area contributed by atoms with Crippen molar-refractivity contribution in [3.63, 3.8) is 0 Å². The minimum atomic E-state index is -5.54. The van der Waals surface area contributed by atoms with Gasteiger partial charge in [-0.1, -0.05) is 26.0 Å². The molecule has 30 heteroatoms. The number of nitrogens with zero attached hydrogens (tertiary/aromatic N) is 4. The van der Waals surface area contributed by atoms with Gasteiger partial charge in [0, 0.05) is 36.8 Å². The van der Waals surface area contributed by atoms with E-state index in [1.165, 1.54) is 32.1 Å². The highest BCUT2D eigenvalue weighted by atomic mass is 32.1. The van der Waals surface area contributed by atoms with Gasteiger partial charge in [-0.05, 0) is 23.8 Å². The van der Waals surface area contributed by atoms with Crippen LogP contribution in [0.1, 0.15) is 32.1 Å². The second-order valence-corrected chi connectivity index (χ2v) is 17.7. The Morgan fingerprint density at radius 1 is 1.03 bits per heavy atom. The van der Waals surface area contributed by atoms with Crippen molar-refractivity contribution in [3.8, 4) is 5.75 Å². The van der Waals surface area contributed by atoms with Gasteiger partial charge in [-0.3, -0.25) is 27.7 Å². The number of nitrogen functional groups attached to an aromatic ring is 1. The van der Waals surface area contributed by atoms with E-state index in [1.54, 1.807) is 12.1 Å². The van der Waals surface area contributed by atoms with Crippen LogP contribution in [0.3, 0.4) is 0 Å². The summed E-state index contributed by atoms with van der Waals surface area (Å²) >= 11 is 3.95. The van der Waals surface area contributed by atoms with Gasteiger partial charge in [-0.2, -0.15) is 16.9 Å². The van der Waals surface area contributed by atoms with Gasteiger partial charge < -0.3 is 61.1 Å². The second-order valence-electron chi connectivity index (χ2n) is 13.1. The summed E-state index contributed by atoms with van der Waals surface area (Å²) in [5.74, 6) is -1.76. The molecule has 1 fully saturated rings. The third-order valence-electron chi connectivity index (χ3n) is 7.82. The number of fused-ring (bicyclic) bond motifs is 1. The summed E-state index contributed by atoms with van der Waals surface area (Å²) < 4.78 is 61.7. The van der Waals surface area contributed by atoms with E-state index >= 15 is 0 Å². The highest BCUT2D eigenvalue weighted by Gasteiger charge is 2.50. The molecule has 3 heterocycles. The van der Waals surface area contributed by atoms with Crippen molar-refractivity contribution >= 4 is 76.9 Å². The maximum Gasteiger partial charge on any atom is 0.481 e. The van der Waals surface area contributed by atoms with E-state index < -0.39 is 84.6 Å². The average molecular weight is 932 g/mol. The fourth-order valence-electron chi connectivity index (χ4n) is 4.89. The Morgan fingerprint density at radius 3 is 2.30 bits per heavy atom. The number of aromatic nitrogens is 4. The van der Waals surface area contributed by atoms with Crippen molar-refractivity contribution in [1.29, 1.82) is 0 Å². The zero-order valence-corrected chi connectivity index (χ0v) is 35.0. The summed E-state index contributed by atoms with van der Waals surface area (Å²) in [5.41, 5.74) is 5.04. The van der Waals surface area contributed by atoms with E-state index in [0.29, 0.717) is 12.3 Å². The Morgan fingerprint density at radius 2 is 1.68 bits per heavy atom. The first kappa shape index (κ1) is 50.5. The molecule has 4 rings (SSSR count). The van der Waals surface area contributed by atoms with Gasteiger partial charge in [-0.15, -0.1) is 0 Å². The van der Waals surface area contributed by atoms with Crippen LogP contribution in [0.5, 0.6) is 5.75 Å². The average Bonchev–Trinajstić information content (AvgIpc) is 3.72. The first-order chi connectivity index (χ1) is 27.8. The minimum absolute atomic E-state index is 0.0363. The normalized spacial score (nSPS) is 20.8. The summed E-state index contributed by atoms with van der Waals surface area (Å²) in [6, 6.07) is 6.27. The summed E-state index contributed by atoms with van der Waals surface area (Å²) in [6.07, 6.45) is -4.23. The number of benzene rings is 1. The number of nitrogens with one attached hydrogen (secondary N) is 2. The quantitative estimate of drug-likeness (QED) is 0.0397. The lowest BCUT2D eigenvalue weighted by molar-refractivity contribution is -0.137. The molecule has 26 nitrogen and oxygen atoms in total. The molecule has 0 aliphatic carbocycles. The molecule has 1 saturated heterocycles. The second kappa shape index (κ2) is 21.8. The topological polar surface area (TPSA) is 404 Å². The molecule has 0 saturated carbocycles. The van der Waals surface area contributed by atoms with Crippen LogP contribution >= 0.6 is 36.1 Å². The number of thiol groups is 1. The van der Waals surface area contributed by atoms with Crippen LogP contribution in [0.25, 0.3) is 17.2 Å². The zero-order chi connectivity index (χ0) is 45.1. The number of hydrogen-bond acceptors (Lipinski definition) is 19. The third kappa shape index (κ3) is 15.9. The first-order valence-electron chi connectivity index (χ1n) is 17.0. The Labute approximate surface area is 345 Å². The molecule has 0 radical (unpaired) electrons. The summed E-state index contributed by atoms with van der Waals surface area (Å²) in [7, 11) is -16.3. The van der Waals surface area contributed by atoms with Gasteiger partial charge >= 0.3 is 29.4 Å². The number of phenols is 1. The van der Waals surface area contributed by atoms with Crippen LogP contribution in [0.15, 0.2) is 43.0 Å². The Balaban J connectivity index is 0.000000685. The van der Waals surface area contributed by atoms with E-state index in [4.69, 9.17) is 29.7 Å². The number of carbonyl (C=O) groups excluding carboxylic acids is 2. The Kier molecular flexibility index (Phi) is 18.3. The highest BCUT2D eigenvalue weighted by Crippen LogP contribution is 2.61. The molecule has 60 heavy (non-hydrogen) atoms. The summed E-state index contributed by atoms with van der Waals surface area (Å²) in [4.78, 5) is 84.7. The van der Waals surface area contributed by atoms with Gasteiger partial charge in [-0.25, -0.2) is 33.4 Å². The molecule has 0 bridgehead atoms. The minimum Gasteiger partial charge on any atom is -0.508 e. The molecule has 2 aromatic heterocycles. The van der Waals surface area contributed by atoms with E-state index in [1.807, 2.05) is 0 Å². The number of carboxylic acid groups (broad SMARTS) is 1. The first-order valence-corrected chi connectivity index (χ1v) is 22.2. The van der Waals surface area contributed by atoms with Crippen molar-refractivity contribution < 1.29 is 90.7 Å². The van der Waals surface area contributed by atoms with Crippen LogP contribution in [0.4, 0.5) is 5.82 Å². The van der Waals surface area contributed by atoms with Crippen molar-refractivity contribution in [2.24, 2.45) is 5.41 Å². The summed E-state index contributed by atoms with van der Waals surface area (Å²) in [6.45, 7) is 0.723. The lowest BCUT2D eigenvalue weighted by Gasteiger charge is -2.30. The van der Waals surface area contributed by atoms with Crippen molar-refractivity contribution in [2.75, 3.05) is 37.8 Å². The number of ether oxygens (including phenoxy) is 1. The number of hydrogen-bond donors (Lipinski definition) is 12. The van der Waals surface area contributed by atoms with Crippen LogP contribution in [0.2, 0.25) is 0 Å². The zero-order valence-electron chi connectivity index (χ0n) is 31.5. The molecule has 2 amide bonds. The number of rotatable bonds is 20. The summed E-state index contributed by atoms with van der Waals surface area (Å²) in [5, 5.41) is 43.3. The number of anilines is 1. The number of aliphatic hydroxyl groups excluding tert-OH is 2. The molecule has 7 atom stereocenters. The molecule has 3 aromatic rings. The molecule has 12 N–H and O–H groups in total. The number of aliphatic hydroxyl groups is 2. The smallest absolute Gasteiger partial charge is 0.481 e. The van der Waals surface area contributed by atoms with E-state index in [-0.39, 0.29) is 41.6 Å². The van der Waals surface area contributed by atoms with Crippen molar-refractivity contribution in [3.05, 3.63) is 48.6 Å². The lowest BCUT2D eigenvalue weighted by Crippen LogP contribution is -2.46. The molecule has 1 aromatic carbocycles. The van der Waals surface area contributed by atoms with Gasteiger partial charge in [0.25, 0.3) is 0 Å². The predicted octanol–water partition coefficient (Wildman–Crippen LogP) is -0.175. The van der Waals surface area contributed by atoms with Gasteiger partial charge in [0.2, 0.25) is 11.8 Å². The van der Waals surface area contributed by atoms with Gasteiger partial charge in [0.05, 0.1) is 19.5 Å². The maximum absolute atomic E-state index is 12.6. The van der Waals surface area contributed by atoms with E-state index in [2.05, 4.69) is 47.0 Å². The van der Waals surface area contributed by atoms with Crippen LogP contribution in [0, 0.1) is 5.41 Å². The van der Waals surface area contributed by atoms with E-state index in [9.17, 15) is 57.9 Å². The fourth-order valence-corrected chi connectivity index (χ4v) is 7.83. The standard InChI is InChI=1S/C21H36N7O16P3S.C9H8O3/c1-21(2,16(31)19(32)24-4-3-12(29)23-5-6-48)8-41-47(38,39)44-46(36,37)40-7-11-15(43-45(33,34)35)14(30)20(42-11)28-10-27-13-17(22)25-9-26-18(13)28;10-8-4-1-7(2-5-8)3-6-9(11)12/h9-11,14-16,20,30-31,48H,3-8H2,1-2H3,(H,23,29)(H,24,32)(H,36,37)(H,38,39)(H2,22,25,26)(H2,33,34,35);1-6,10H,(H,11,12)/b;6-3+/t11-,14-,15-,16+,20-;/m1./s1. The number of carboxylic acids is 1. The number of imidazole rings is 1.